The zero-order chi connectivity index (χ0) is 20.2. The highest BCUT2D eigenvalue weighted by Crippen LogP contribution is 2.28. The van der Waals surface area contributed by atoms with Gasteiger partial charge < -0.3 is 4.57 Å². The molecular weight excluding hydrogens is 354 g/mol. The van der Waals surface area contributed by atoms with Crippen LogP contribution in [0.3, 0.4) is 0 Å². The Hall–Kier alpha value is -2.13. The van der Waals surface area contributed by atoms with Crippen LogP contribution in [0.4, 0.5) is 0 Å². The maximum Gasteiger partial charge on any atom is 0.127 e. The number of para-hydroxylation sites is 2. The quantitative estimate of drug-likeness (QED) is 0.477. The van der Waals surface area contributed by atoms with E-state index in [-0.39, 0.29) is 0 Å². The van der Waals surface area contributed by atoms with Gasteiger partial charge in [0.2, 0.25) is 0 Å². The SMILES string of the molecule is CCC(C)c1ccc(Cn2c(C(C)N3CCCCCC3)nc3ccccc32)cc1. The number of hydrogen-bond donors (Lipinski definition) is 0. The van der Waals surface area contributed by atoms with E-state index in [1.807, 2.05) is 0 Å². The summed E-state index contributed by atoms with van der Waals surface area (Å²) in [5, 5.41) is 0. The van der Waals surface area contributed by atoms with Gasteiger partial charge >= 0.3 is 0 Å². The topological polar surface area (TPSA) is 21.1 Å². The summed E-state index contributed by atoms with van der Waals surface area (Å²) in [4.78, 5) is 7.73. The first-order chi connectivity index (χ1) is 14.2. The van der Waals surface area contributed by atoms with E-state index in [9.17, 15) is 0 Å². The van der Waals surface area contributed by atoms with Crippen LogP contribution in [0.5, 0.6) is 0 Å². The van der Waals surface area contributed by atoms with Gasteiger partial charge in [0.15, 0.2) is 0 Å². The van der Waals surface area contributed by atoms with Crippen molar-refractivity contribution in [1.29, 1.82) is 0 Å². The number of rotatable bonds is 6. The molecule has 0 bridgehead atoms. The van der Waals surface area contributed by atoms with E-state index in [1.54, 1.807) is 0 Å². The van der Waals surface area contributed by atoms with Crippen molar-refractivity contribution in [2.45, 2.75) is 71.4 Å². The Balaban J connectivity index is 1.66. The normalized spacial score (nSPS) is 17.9. The van der Waals surface area contributed by atoms with Crippen molar-refractivity contribution in [2.75, 3.05) is 13.1 Å². The zero-order valence-electron chi connectivity index (χ0n) is 18.3. The van der Waals surface area contributed by atoms with E-state index < -0.39 is 0 Å². The average Bonchev–Trinajstić information content (AvgIpc) is 2.93. The van der Waals surface area contributed by atoms with Gasteiger partial charge in [0, 0.05) is 6.54 Å². The van der Waals surface area contributed by atoms with Crippen molar-refractivity contribution in [2.24, 2.45) is 0 Å². The first-order valence-corrected chi connectivity index (χ1v) is 11.5. The summed E-state index contributed by atoms with van der Waals surface area (Å²) in [6.45, 7) is 10.2. The Labute approximate surface area is 175 Å². The lowest BCUT2D eigenvalue weighted by Gasteiger charge is -2.27. The average molecular weight is 390 g/mol. The van der Waals surface area contributed by atoms with Crippen LogP contribution in [-0.2, 0) is 6.54 Å². The summed E-state index contributed by atoms with van der Waals surface area (Å²) in [5.41, 5.74) is 5.14. The lowest BCUT2D eigenvalue weighted by Crippen LogP contribution is -2.30. The Morgan fingerprint density at radius 3 is 2.28 bits per heavy atom. The van der Waals surface area contributed by atoms with Crippen molar-refractivity contribution in [3.05, 3.63) is 65.5 Å². The van der Waals surface area contributed by atoms with E-state index >= 15 is 0 Å². The molecule has 0 saturated carbocycles. The summed E-state index contributed by atoms with van der Waals surface area (Å²) >= 11 is 0. The van der Waals surface area contributed by atoms with E-state index in [0.29, 0.717) is 12.0 Å². The number of imidazole rings is 1. The molecule has 29 heavy (non-hydrogen) atoms. The molecule has 0 aliphatic carbocycles. The predicted octanol–water partition coefficient (Wildman–Crippen LogP) is 6.54. The molecule has 1 aromatic heterocycles. The monoisotopic (exact) mass is 389 g/mol. The largest absolute Gasteiger partial charge is 0.322 e. The number of hydrogen-bond acceptors (Lipinski definition) is 2. The molecule has 0 N–H and O–H groups in total. The molecular formula is C26H35N3. The number of benzene rings is 2. The number of aromatic nitrogens is 2. The molecule has 3 nitrogen and oxygen atoms in total. The third-order valence-electron chi connectivity index (χ3n) is 6.75. The molecule has 0 spiro atoms. The second-order valence-electron chi connectivity index (χ2n) is 8.72. The fourth-order valence-corrected chi connectivity index (χ4v) is 4.59. The van der Waals surface area contributed by atoms with Crippen molar-refractivity contribution in [3.63, 3.8) is 0 Å². The van der Waals surface area contributed by atoms with Crippen LogP contribution >= 0.6 is 0 Å². The van der Waals surface area contributed by atoms with Crippen LogP contribution in [0.1, 0.15) is 81.8 Å². The van der Waals surface area contributed by atoms with Crippen LogP contribution in [0.25, 0.3) is 11.0 Å². The first kappa shape index (κ1) is 20.2. The molecule has 1 aliphatic rings. The van der Waals surface area contributed by atoms with Crippen LogP contribution < -0.4 is 0 Å². The number of fused-ring (bicyclic) bond motifs is 1. The van der Waals surface area contributed by atoms with Gasteiger partial charge in [0.1, 0.15) is 5.82 Å². The van der Waals surface area contributed by atoms with Crippen molar-refractivity contribution < 1.29 is 0 Å². The Morgan fingerprint density at radius 1 is 0.897 bits per heavy atom. The Morgan fingerprint density at radius 2 is 1.59 bits per heavy atom. The molecule has 0 radical (unpaired) electrons. The van der Waals surface area contributed by atoms with Crippen LogP contribution in [0.15, 0.2) is 48.5 Å². The lowest BCUT2D eigenvalue weighted by atomic mass is 9.97. The standard InChI is InChI=1S/C26H35N3/c1-4-20(2)23-15-13-22(14-16-23)19-29-25-12-8-7-11-24(25)27-26(29)21(3)28-17-9-5-6-10-18-28/h7-8,11-16,20-21H,4-6,9-10,17-19H2,1-3H3. The molecule has 1 saturated heterocycles. The molecule has 2 atom stereocenters. The van der Waals surface area contributed by atoms with Crippen molar-refractivity contribution >= 4 is 11.0 Å². The fraction of sp³-hybridized carbons (Fsp3) is 0.500. The van der Waals surface area contributed by atoms with Crippen molar-refractivity contribution in [3.8, 4) is 0 Å². The fourth-order valence-electron chi connectivity index (χ4n) is 4.59. The molecule has 1 aliphatic heterocycles. The van der Waals surface area contributed by atoms with Gasteiger partial charge in [-0.15, -0.1) is 0 Å². The van der Waals surface area contributed by atoms with E-state index in [0.717, 1.165) is 12.1 Å². The maximum absolute atomic E-state index is 5.09. The van der Waals surface area contributed by atoms with E-state index in [4.69, 9.17) is 4.98 Å². The molecule has 2 aromatic carbocycles. The lowest BCUT2D eigenvalue weighted by molar-refractivity contribution is 0.208. The maximum atomic E-state index is 5.09. The second kappa shape index (κ2) is 9.13. The van der Waals surface area contributed by atoms with E-state index in [1.165, 1.54) is 67.7 Å². The predicted molar refractivity (Wildman–Crippen MR) is 122 cm³/mol. The van der Waals surface area contributed by atoms with Gasteiger partial charge in [-0.2, -0.15) is 0 Å². The van der Waals surface area contributed by atoms with Crippen LogP contribution in [0.2, 0.25) is 0 Å². The molecule has 0 amide bonds. The summed E-state index contributed by atoms with van der Waals surface area (Å²) in [7, 11) is 0. The molecule has 2 heterocycles. The number of likely N-dealkylation sites (tertiary alicyclic amines) is 1. The third kappa shape index (κ3) is 4.40. The Bertz CT molecular complexity index is 917. The summed E-state index contributed by atoms with van der Waals surface area (Å²) < 4.78 is 2.45. The highest BCUT2D eigenvalue weighted by molar-refractivity contribution is 5.76. The van der Waals surface area contributed by atoms with Gasteiger partial charge in [0.25, 0.3) is 0 Å². The minimum atomic E-state index is 0.347. The van der Waals surface area contributed by atoms with Crippen LogP contribution in [-0.4, -0.2) is 27.5 Å². The third-order valence-corrected chi connectivity index (χ3v) is 6.75. The minimum Gasteiger partial charge on any atom is -0.322 e. The molecule has 1 fully saturated rings. The smallest absolute Gasteiger partial charge is 0.127 e. The molecule has 154 valence electrons. The van der Waals surface area contributed by atoms with Gasteiger partial charge in [0.05, 0.1) is 17.1 Å². The second-order valence-corrected chi connectivity index (χ2v) is 8.72. The summed E-state index contributed by atoms with van der Waals surface area (Å²) in [6.07, 6.45) is 6.52. The molecule has 3 heteroatoms. The Kier molecular flexibility index (Phi) is 6.34. The summed E-state index contributed by atoms with van der Waals surface area (Å²) in [6, 6.07) is 18.2. The minimum absolute atomic E-state index is 0.347. The highest BCUT2D eigenvalue weighted by Gasteiger charge is 2.23. The first-order valence-electron chi connectivity index (χ1n) is 11.5. The number of nitrogens with zero attached hydrogens (tertiary/aromatic N) is 3. The highest BCUT2D eigenvalue weighted by atomic mass is 15.2. The van der Waals surface area contributed by atoms with Crippen molar-refractivity contribution in [1.82, 2.24) is 14.5 Å². The molecule has 3 aromatic rings. The van der Waals surface area contributed by atoms with Gasteiger partial charge in [-0.25, -0.2) is 4.98 Å². The van der Waals surface area contributed by atoms with Crippen LogP contribution in [0, 0.1) is 0 Å². The molecule has 4 rings (SSSR count). The van der Waals surface area contributed by atoms with Gasteiger partial charge in [-0.05, 0) is 68.5 Å². The van der Waals surface area contributed by atoms with Gasteiger partial charge in [-0.1, -0.05) is 63.1 Å². The zero-order valence-corrected chi connectivity index (χ0v) is 18.3. The van der Waals surface area contributed by atoms with Gasteiger partial charge in [-0.3, -0.25) is 4.90 Å². The molecule has 2 unspecified atom stereocenters. The summed E-state index contributed by atoms with van der Waals surface area (Å²) in [5.74, 6) is 1.83. The van der Waals surface area contributed by atoms with E-state index in [2.05, 4.69) is 78.8 Å².